The summed E-state index contributed by atoms with van der Waals surface area (Å²) in [4.78, 5) is 24.7. The van der Waals surface area contributed by atoms with Crippen LogP contribution in [0.2, 0.25) is 0 Å². The molecule has 0 fully saturated rings. The van der Waals surface area contributed by atoms with E-state index in [0.717, 1.165) is 12.0 Å². The van der Waals surface area contributed by atoms with Crippen LogP contribution in [0.25, 0.3) is 0 Å². The summed E-state index contributed by atoms with van der Waals surface area (Å²) in [6.07, 6.45) is 0.725. The average molecular weight is 342 g/mol. The van der Waals surface area contributed by atoms with Crippen LogP contribution in [0.5, 0.6) is 0 Å². The summed E-state index contributed by atoms with van der Waals surface area (Å²) >= 11 is 0. The minimum Gasteiger partial charge on any atom is -0.354 e. The van der Waals surface area contributed by atoms with Crippen LogP contribution in [0, 0.1) is 11.7 Å². The van der Waals surface area contributed by atoms with E-state index in [4.69, 9.17) is 0 Å². The molecule has 0 radical (unpaired) electrons. The minimum atomic E-state index is -0.645. The first-order valence-corrected chi connectivity index (χ1v) is 8.35. The fourth-order valence-electron chi connectivity index (χ4n) is 2.45. The molecular weight excluding hydrogens is 319 g/mol. The molecule has 0 heterocycles. The zero-order valence-electron chi connectivity index (χ0n) is 14.5. The molecule has 0 spiro atoms. The second kappa shape index (κ2) is 8.97. The van der Waals surface area contributed by atoms with Gasteiger partial charge in [0.1, 0.15) is 11.9 Å². The predicted octanol–water partition coefficient (Wildman–Crippen LogP) is 2.94. The van der Waals surface area contributed by atoms with Crippen LogP contribution in [0.4, 0.5) is 4.39 Å². The largest absolute Gasteiger partial charge is 0.354 e. The SMILES string of the molecule is CC(C)C(NC(=O)c1ccc(F)cc1)C(=O)NCCc1ccccc1. The van der Waals surface area contributed by atoms with Gasteiger partial charge in [0.2, 0.25) is 5.91 Å². The van der Waals surface area contributed by atoms with Crippen molar-refractivity contribution in [2.24, 2.45) is 5.92 Å². The first-order valence-electron chi connectivity index (χ1n) is 8.35. The summed E-state index contributed by atoms with van der Waals surface area (Å²) in [5.74, 6) is -1.09. The zero-order valence-corrected chi connectivity index (χ0v) is 14.5. The topological polar surface area (TPSA) is 58.2 Å². The van der Waals surface area contributed by atoms with Crippen molar-refractivity contribution in [3.05, 3.63) is 71.5 Å². The molecule has 1 atom stereocenters. The zero-order chi connectivity index (χ0) is 18.2. The number of hydrogen-bond donors (Lipinski definition) is 2. The van der Waals surface area contributed by atoms with Crippen LogP contribution in [-0.2, 0) is 11.2 Å². The smallest absolute Gasteiger partial charge is 0.251 e. The van der Waals surface area contributed by atoms with Crippen molar-refractivity contribution in [3.8, 4) is 0 Å². The molecule has 0 bridgehead atoms. The summed E-state index contributed by atoms with van der Waals surface area (Å²) < 4.78 is 13.0. The van der Waals surface area contributed by atoms with Gasteiger partial charge in [-0.25, -0.2) is 4.39 Å². The number of hydrogen-bond acceptors (Lipinski definition) is 2. The Kier molecular flexibility index (Phi) is 6.69. The lowest BCUT2D eigenvalue weighted by atomic mass is 10.0. The molecule has 5 heteroatoms. The van der Waals surface area contributed by atoms with Crippen LogP contribution in [0.1, 0.15) is 29.8 Å². The van der Waals surface area contributed by atoms with Crippen molar-refractivity contribution in [3.63, 3.8) is 0 Å². The number of carbonyl (C=O) groups is 2. The van der Waals surface area contributed by atoms with Crippen molar-refractivity contribution in [2.45, 2.75) is 26.3 Å². The maximum absolute atomic E-state index is 13.0. The van der Waals surface area contributed by atoms with Crippen LogP contribution in [0.3, 0.4) is 0 Å². The molecule has 2 amide bonds. The van der Waals surface area contributed by atoms with E-state index < -0.39 is 17.8 Å². The summed E-state index contributed by atoms with van der Waals surface area (Å²) in [5, 5.41) is 5.59. The number of halogens is 1. The third-order valence-electron chi connectivity index (χ3n) is 3.90. The third-order valence-corrected chi connectivity index (χ3v) is 3.90. The van der Waals surface area contributed by atoms with E-state index in [2.05, 4.69) is 10.6 Å². The summed E-state index contributed by atoms with van der Waals surface area (Å²) in [7, 11) is 0. The normalized spacial score (nSPS) is 11.8. The second-order valence-electron chi connectivity index (χ2n) is 6.23. The molecule has 0 saturated carbocycles. The van der Waals surface area contributed by atoms with Crippen LogP contribution < -0.4 is 10.6 Å². The monoisotopic (exact) mass is 342 g/mol. The highest BCUT2D eigenvalue weighted by atomic mass is 19.1. The van der Waals surface area contributed by atoms with Gasteiger partial charge in [-0.15, -0.1) is 0 Å². The molecule has 25 heavy (non-hydrogen) atoms. The van der Waals surface area contributed by atoms with E-state index in [1.165, 1.54) is 24.3 Å². The lowest BCUT2D eigenvalue weighted by Crippen LogP contribution is -2.50. The number of nitrogens with one attached hydrogen (secondary N) is 2. The van der Waals surface area contributed by atoms with E-state index >= 15 is 0 Å². The Labute approximate surface area is 147 Å². The Morgan fingerprint density at radius 3 is 2.24 bits per heavy atom. The molecule has 132 valence electrons. The van der Waals surface area contributed by atoms with Crippen LogP contribution >= 0.6 is 0 Å². The molecule has 4 nitrogen and oxygen atoms in total. The van der Waals surface area contributed by atoms with Gasteiger partial charge in [0.25, 0.3) is 5.91 Å². The van der Waals surface area contributed by atoms with Gasteiger partial charge in [-0.3, -0.25) is 9.59 Å². The quantitative estimate of drug-likeness (QED) is 0.813. The highest BCUT2D eigenvalue weighted by Gasteiger charge is 2.24. The second-order valence-corrected chi connectivity index (χ2v) is 6.23. The van der Waals surface area contributed by atoms with Gasteiger partial charge in [-0.05, 0) is 42.2 Å². The fourth-order valence-corrected chi connectivity index (χ4v) is 2.45. The van der Waals surface area contributed by atoms with Gasteiger partial charge in [0.15, 0.2) is 0 Å². The number of carbonyl (C=O) groups excluding carboxylic acids is 2. The molecule has 2 rings (SSSR count). The molecule has 0 saturated heterocycles. The lowest BCUT2D eigenvalue weighted by Gasteiger charge is -2.21. The fraction of sp³-hybridized carbons (Fsp3) is 0.300. The van der Waals surface area contributed by atoms with E-state index in [0.29, 0.717) is 12.1 Å². The minimum absolute atomic E-state index is 0.0684. The first kappa shape index (κ1) is 18.6. The van der Waals surface area contributed by atoms with Crippen molar-refractivity contribution in [2.75, 3.05) is 6.54 Å². The molecule has 1 unspecified atom stereocenters. The van der Waals surface area contributed by atoms with Crippen LogP contribution in [0.15, 0.2) is 54.6 Å². The van der Waals surface area contributed by atoms with E-state index in [9.17, 15) is 14.0 Å². The molecule has 2 aromatic carbocycles. The standard InChI is InChI=1S/C20H23FN2O2/c1-14(2)18(23-19(24)16-8-10-17(21)11-9-16)20(25)22-13-12-15-6-4-3-5-7-15/h3-11,14,18H,12-13H2,1-2H3,(H,22,25)(H,23,24). The highest BCUT2D eigenvalue weighted by Crippen LogP contribution is 2.07. The lowest BCUT2D eigenvalue weighted by molar-refractivity contribution is -0.123. The first-order chi connectivity index (χ1) is 12.0. The van der Waals surface area contributed by atoms with E-state index in [-0.39, 0.29) is 11.8 Å². The summed E-state index contributed by atoms with van der Waals surface area (Å²) in [5.41, 5.74) is 1.46. The Balaban J connectivity index is 1.91. The molecule has 2 N–H and O–H groups in total. The van der Waals surface area contributed by atoms with Gasteiger partial charge in [-0.2, -0.15) is 0 Å². The molecule has 0 aromatic heterocycles. The molecular formula is C20H23FN2O2. The van der Waals surface area contributed by atoms with Crippen LogP contribution in [-0.4, -0.2) is 24.4 Å². The Hall–Kier alpha value is -2.69. The van der Waals surface area contributed by atoms with Crippen molar-refractivity contribution >= 4 is 11.8 Å². The number of rotatable bonds is 7. The van der Waals surface area contributed by atoms with Crippen molar-refractivity contribution < 1.29 is 14.0 Å². The number of amides is 2. The van der Waals surface area contributed by atoms with E-state index in [1.807, 2.05) is 44.2 Å². The van der Waals surface area contributed by atoms with Crippen molar-refractivity contribution in [1.82, 2.24) is 10.6 Å². The maximum atomic E-state index is 13.0. The predicted molar refractivity (Wildman–Crippen MR) is 95.6 cm³/mol. The van der Waals surface area contributed by atoms with Gasteiger partial charge in [-0.1, -0.05) is 44.2 Å². The van der Waals surface area contributed by atoms with Gasteiger partial charge >= 0.3 is 0 Å². The molecule has 0 aliphatic heterocycles. The molecule has 0 aliphatic rings. The highest BCUT2D eigenvalue weighted by molar-refractivity contribution is 5.97. The van der Waals surface area contributed by atoms with Gasteiger partial charge in [0.05, 0.1) is 0 Å². The Morgan fingerprint density at radius 2 is 1.64 bits per heavy atom. The third kappa shape index (κ3) is 5.71. The summed E-state index contributed by atoms with van der Waals surface area (Å²) in [6.45, 7) is 4.23. The summed E-state index contributed by atoms with van der Waals surface area (Å²) in [6, 6.07) is 14.5. The Bertz CT molecular complexity index is 699. The van der Waals surface area contributed by atoms with Crippen molar-refractivity contribution in [1.29, 1.82) is 0 Å². The average Bonchev–Trinajstić information content (AvgIpc) is 2.60. The van der Waals surface area contributed by atoms with Gasteiger partial charge in [0, 0.05) is 12.1 Å². The van der Waals surface area contributed by atoms with Gasteiger partial charge < -0.3 is 10.6 Å². The molecule has 0 aliphatic carbocycles. The number of benzene rings is 2. The molecule has 2 aromatic rings. The Morgan fingerprint density at radius 1 is 1.00 bits per heavy atom. The van der Waals surface area contributed by atoms with E-state index in [1.54, 1.807) is 0 Å². The maximum Gasteiger partial charge on any atom is 0.251 e.